The standard InChI is InChI=1S/C16H11ClFN3O3S/c17-11-4-3-5-13(8-11)25(22,23)21-12-9-19-16(20-10-12)24-15-7-2-1-6-14(15)18/h1-10,21H. The number of ether oxygens (including phenoxy) is 1. The van der Waals surface area contributed by atoms with Crippen LogP contribution < -0.4 is 9.46 Å². The third kappa shape index (κ3) is 4.23. The summed E-state index contributed by atoms with van der Waals surface area (Å²) in [6.07, 6.45) is 2.43. The number of sulfonamides is 1. The zero-order valence-corrected chi connectivity index (χ0v) is 14.1. The van der Waals surface area contributed by atoms with Gasteiger partial charge < -0.3 is 4.74 Å². The van der Waals surface area contributed by atoms with E-state index in [1.807, 2.05) is 0 Å². The lowest BCUT2D eigenvalue weighted by Gasteiger charge is -2.08. The number of aromatic nitrogens is 2. The average molecular weight is 380 g/mol. The highest BCUT2D eigenvalue weighted by atomic mass is 35.5. The van der Waals surface area contributed by atoms with Crippen molar-refractivity contribution in [2.75, 3.05) is 4.72 Å². The summed E-state index contributed by atoms with van der Waals surface area (Å²) >= 11 is 5.80. The SMILES string of the molecule is O=S(=O)(Nc1cnc(Oc2ccccc2F)nc1)c1cccc(Cl)c1. The maximum Gasteiger partial charge on any atom is 0.322 e. The molecule has 0 aliphatic rings. The van der Waals surface area contributed by atoms with E-state index in [4.69, 9.17) is 16.3 Å². The summed E-state index contributed by atoms with van der Waals surface area (Å²) in [4.78, 5) is 7.72. The minimum absolute atomic E-state index is 0.00619. The summed E-state index contributed by atoms with van der Waals surface area (Å²) in [5, 5.41) is 0.299. The molecular formula is C16H11ClFN3O3S. The number of para-hydroxylation sites is 1. The zero-order valence-electron chi connectivity index (χ0n) is 12.6. The number of hydrogen-bond acceptors (Lipinski definition) is 5. The number of benzene rings is 2. The largest absolute Gasteiger partial charge is 0.421 e. The van der Waals surface area contributed by atoms with Gasteiger partial charge in [-0.15, -0.1) is 0 Å². The van der Waals surface area contributed by atoms with Crippen molar-refractivity contribution < 1.29 is 17.5 Å². The molecule has 0 bridgehead atoms. The lowest BCUT2D eigenvalue weighted by atomic mass is 10.3. The summed E-state index contributed by atoms with van der Waals surface area (Å²) in [6, 6.07) is 11.5. The van der Waals surface area contributed by atoms with Gasteiger partial charge in [0.05, 0.1) is 23.0 Å². The molecular weight excluding hydrogens is 369 g/mol. The second-order valence-electron chi connectivity index (χ2n) is 4.85. The van der Waals surface area contributed by atoms with Crippen molar-refractivity contribution in [2.45, 2.75) is 4.90 Å². The molecule has 1 aromatic heterocycles. The molecule has 3 rings (SSSR count). The lowest BCUT2D eigenvalue weighted by Crippen LogP contribution is -2.13. The predicted molar refractivity (Wildman–Crippen MR) is 90.8 cm³/mol. The highest BCUT2D eigenvalue weighted by molar-refractivity contribution is 7.92. The third-order valence-electron chi connectivity index (χ3n) is 3.02. The van der Waals surface area contributed by atoms with Gasteiger partial charge in [-0.05, 0) is 30.3 Å². The molecule has 2 aromatic carbocycles. The van der Waals surface area contributed by atoms with Gasteiger partial charge in [-0.1, -0.05) is 29.8 Å². The van der Waals surface area contributed by atoms with Crippen LogP contribution in [0.25, 0.3) is 0 Å². The van der Waals surface area contributed by atoms with Crippen molar-refractivity contribution in [1.29, 1.82) is 0 Å². The van der Waals surface area contributed by atoms with Gasteiger partial charge in [-0.2, -0.15) is 0 Å². The third-order valence-corrected chi connectivity index (χ3v) is 4.64. The van der Waals surface area contributed by atoms with Crippen molar-refractivity contribution in [3.05, 3.63) is 71.8 Å². The summed E-state index contributed by atoms with van der Waals surface area (Å²) in [6.45, 7) is 0. The van der Waals surface area contributed by atoms with E-state index in [0.29, 0.717) is 5.02 Å². The molecule has 0 aliphatic carbocycles. The van der Waals surface area contributed by atoms with E-state index in [1.165, 1.54) is 48.8 Å². The number of anilines is 1. The van der Waals surface area contributed by atoms with Crippen molar-refractivity contribution in [3.8, 4) is 11.8 Å². The first-order valence-corrected chi connectivity index (χ1v) is 8.83. The average Bonchev–Trinajstić information content (AvgIpc) is 2.58. The molecule has 1 N–H and O–H groups in total. The smallest absolute Gasteiger partial charge is 0.322 e. The summed E-state index contributed by atoms with van der Waals surface area (Å²) < 4.78 is 45.6. The van der Waals surface area contributed by atoms with Crippen molar-refractivity contribution >= 4 is 27.3 Å². The van der Waals surface area contributed by atoms with Crippen LogP contribution >= 0.6 is 11.6 Å². The first kappa shape index (κ1) is 17.1. The predicted octanol–water partition coefficient (Wildman–Crippen LogP) is 3.86. The van der Waals surface area contributed by atoms with E-state index >= 15 is 0 Å². The van der Waals surface area contributed by atoms with Gasteiger partial charge in [0.25, 0.3) is 10.0 Å². The van der Waals surface area contributed by atoms with Crippen LogP contribution in [0.5, 0.6) is 11.8 Å². The first-order chi connectivity index (χ1) is 11.9. The van der Waals surface area contributed by atoms with Crippen LogP contribution in [0.1, 0.15) is 0 Å². The van der Waals surface area contributed by atoms with Crippen LogP contribution in [-0.4, -0.2) is 18.4 Å². The van der Waals surface area contributed by atoms with Crippen LogP contribution in [0.2, 0.25) is 5.02 Å². The Morgan fingerprint density at radius 2 is 1.76 bits per heavy atom. The van der Waals surface area contributed by atoms with Gasteiger partial charge in [-0.3, -0.25) is 4.72 Å². The molecule has 0 radical (unpaired) electrons. The Bertz CT molecular complexity index is 998. The van der Waals surface area contributed by atoms with E-state index in [9.17, 15) is 12.8 Å². The fourth-order valence-corrected chi connectivity index (χ4v) is 3.22. The molecule has 3 aromatic rings. The second kappa shape index (κ2) is 7.04. The number of nitrogens with one attached hydrogen (secondary N) is 1. The molecule has 0 saturated carbocycles. The van der Waals surface area contributed by atoms with E-state index in [-0.39, 0.29) is 22.3 Å². The van der Waals surface area contributed by atoms with Crippen LogP contribution in [0.15, 0.2) is 65.8 Å². The molecule has 9 heteroatoms. The Labute approximate surface area is 148 Å². The van der Waals surface area contributed by atoms with Gasteiger partial charge in [0.2, 0.25) is 0 Å². The van der Waals surface area contributed by atoms with Crippen LogP contribution in [0, 0.1) is 5.82 Å². The quantitative estimate of drug-likeness (QED) is 0.728. The summed E-state index contributed by atoms with van der Waals surface area (Å²) in [5.74, 6) is -0.591. The van der Waals surface area contributed by atoms with Gasteiger partial charge in [0, 0.05) is 5.02 Å². The molecule has 0 fully saturated rings. The molecule has 0 saturated heterocycles. The fraction of sp³-hybridized carbons (Fsp3) is 0. The minimum atomic E-state index is -3.83. The van der Waals surface area contributed by atoms with E-state index in [0.717, 1.165) is 0 Å². The molecule has 1 heterocycles. The van der Waals surface area contributed by atoms with Gasteiger partial charge in [0.15, 0.2) is 11.6 Å². The van der Waals surface area contributed by atoms with Crippen LogP contribution in [0.3, 0.4) is 0 Å². The molecule has 0 unspecified atom stereocenters. The lowest BCUT2D eigenvalue weighted by molar-refractivity contribution is 0.411. The number of hydrogen-bond donors (Lipinski definition) is 1. The minimum Gasteiger partial charge on any atom is -0.421 e. The number of nitrogens with zero attached hydrogens (tertiary/aromatic N) is 2. The first-order valence-electron chi connectivity index (χ1n) is 6.97. The van der Waals surface area contributed by atoms with E-state index in [1.54, 1.807) is 12.1 Å². The van der Waals surface area contributed by atoms with Gasteiger partial charge >= 0.3 is 6.01 Å². The monoisotopic (exact) mass is 379 g/mol. The Balaban J connectivity index is 1.75. The Morgan fingerprint density at radius 1 is 1.04 bits per heavy atom. The summed E-state index contributed by atoms with van der Waals surface area (Å²) in [7, 11) is -3.83. The molecule has 0 atom stereocenters. The highest BCUT2D eigenvalue weighted by Crippen LogP contribution is 2.22. The zero-order chi connectivity index (χ0) is 17.9. The van der Waals surface area contributed by atoms with Crippen LogP contribution in [-0.2, 0) is 10.0 Å². The Hall–Kier alpha value is -2.71. The second-order valence-corrected chi connectivity index (χ2v) is 6.97. The number of rotatable bonds is 5. The highest BCUT2D eigenvalue weighted by Gasteiger charge is 2.15. The molecule has 128 valence electrons. The van der Waals surface area contributed by atoms with Crippen molar-refractivity contribution in [1.82, 2.24) is 9.97 Å². The molecule has 0 spiro atoms. The topological polar surface area (TPSA) is 81.2 Å². The van der Waals surface area contributed by atoms with E-state index in [2.05, 4.69) is 14.7 Å². The molecule has 6 nitrogen and oxygen atoms in total. The molecule has 0 aliphatic heterocycles. The summed E-state index contributed by atoms with van der Waals surface area (Å²) in [5.41, 5.74) is 0.126. The van der Waals surface area contributed by atoms with Crippen molar-refractivity contribution in [3.63, 3.8) is 0 Å². The van der Waals surface area contributed by atoms with Crippen LogP contribution in [0.4, 0.5) is 10.1 Å². The fourth-order valence-electron chi connectivity index (χ4n) is 1.90. The Morgan fingerprint density at radius 3 is 2.44 bits per heavy atom. The van der Waals surface area contributed by atoms with Crippen molar-refractivity contribution in [2.24, 2.45) is 0 Å². The Kier molecular flexibility index (Phi) is 4.82. The van der Waals surface area contributed by atoms with Gasteiger partial charge in [-0.25, -0.2) is 22.8 Å². The van der Waals surface area contributed by atoms with E-state index < -0.39 is 15.8 Å². The maximum atomic E-state index is 13.5. The van der Waals surface area contributed by atoms with Gasteiger partial charge in [0.1, 0.15) is 0 Å². The maximum absolute atomic E-state index is 13.5. The normalized spacial score (nSPS) is 11.1. The molecule has 25 heavy (non-hydrogen) atoms. The molecule has 0 amide bonds. The number of halogens is 2.